The summed E-state index contributed by atoms with van der Waals surface area (Å²) in [6.07, 6.45) is 5.71. The van der Waals surface area contributed by atoms with Crippen LogP contribution in [0.25, 0.3) is 10.9 Å². The number of carbonyl (C=O) groups excluding carboxylic acids is 1. The molecule has 1 heterocycles. The van der Waals surface area contributed by atoms with Crippen LogP contribution in [0.2, 0.25) is 0 Å². The lowest BCUT2D eigenvalue weighted by Gasteiger charge is -2.25. The SMILES string of the molecule is Cl.NCC1(C(=O)Nc2ccc3[nH]ncc3c2)CCCC1. The predicted octanol–water partition coefficient (Wildman–Crippen LogP) is 2.44. The first kappa shape index (κ1) is 14.8. The van der Waals surface area contributed by atoms with Crippen molar-refractivity contribution in [2.75, 3.05) is 11.9 Å². The quantitative estimate of drug-likeness (QED) is 0.813. The first-order chi connectivity index (χ1) is 9.23. The van der Waals surface area contributed by atoms with Gasteiger partial charge in [-0.15, -0.1) is 12.4 Å². The summed E-state index contributed by atoms with van der Waals surface area (Å²) in [5.41, 5.74) is 7.22. The Hall–Kier alpha value is -1.59. The largest absolute Gasteiger partial charge is 0.329 e. The number of aromatic nitrogens is 2. The maximum atomic E-state index is 12.4. The molecule has 3 rings (SSSR count). The molecule has 2 aromatic rings. The minimum absolute atomic E-state index is 0. The second-order valence-corrected chi connectivity index (χ2v) is 5.32. The lowest BCUT2D eigenvalue weighted by atomic mass is 9.85. The Bertz CT molecular complexity index is 604. The number of hydrogen-bond donors (Lipinski definition) is 3. The monoisotopic (exact) mass is 294 g/mol. The van der Waals surface area contributed by atoms with E-state index in [4.69, 9.17) is 5.73 Å². The molecule has 1 fully saturated rings. The topological polar surface area (TPSA) is 83.8 Å². The van der Waals surface area contributed by atoms with Crippen LogP contribution in [0.3, 0.4) is 0 Å². The maximum Gasteiger partial charge on any atom is 0.231 e. The number of nitrogens with zero attached hydrogens (tertiary/aromatic N) is 1. The number of halogens is 1. The van der Waals surface area contributed by atoms with E-state index in [1.807, 2.05) is 18.2 Å². The lowest BCUT2D eigenvalue weighted by Crippen LogP contribution is -2.40. The molecule has 0 atom stereocenters. The molecule has 0 unspecified atom stereocenters. The molecular weight excluding hydrogens is 276 g/mol. The number of fused-ring (bicyclic) bond motifs is 1. The molecule has 108 valence electrons. The summed E-state index contributed by atoms with van der Waals surface area (Å²) in [6, 6.07) is 5.73. The first-order valence-electron chi connectivity index (χ1n) is 6.68. The molecule has 0 saturated heterocycles. The molecule has 6 heteroatoms. The van der Waals surface area contributed by atoms with Crippen LogP contribution in [0, 0.1) is 5.41 Å². The second kappa shape index (κ2) is 5.81. The number of nitrogens with two attached hydrogens (primary N) is 1. The van der Waals surface area contributed by atoms with Crippen LogP contribution < -0.4 is 11.1 Å². The number of amides is 1. The van der Waals surface area contributed by atoms with Crippen LogP contribution in [0.15, 0.2) is 24.4 Å². The Labute approximate surface area is 123 Å². The standard InChI is InChI=1S/C14H18N4O.ClH/c15-9-14(5-1-2-6-14)13(19)17-11-3-4-12-10(7-11)8-16-18-12;/h3-4,7-8H,1-2,5-6,9,15H2,(H,16,18)(H,17,19);1H. The number of nitrogens with one attached hydrogen (secondary N) is 2. The van der Waals surface area contributed by atoms with Crippen molar-refractivity contribution in [1.29, 1.82) is 0 Å². The molecule has 0 bridgehead atoms. The van der Waals surface area contributed by atoms with E-state index in [1.165, 1.54) is 0 Å². The van der Waals surface area contributed by atoms with Gasteiger partial charge in [0.25, 0.3) is 0 Å². The number of rotatable bonds is 3. The van der Waals surface area contributed by atoms with Gasteiger partial charge in [-0.05, 0) is 31.0 Å². The molecule has 5 nitrogen and oxygen atoms in total. The molecule has 4 N–H and O–H groups in total. The van der Waals surface area contributed by atoms with E-state index in [-0.39, 0.29) is 23.7 Å². The lowest BCUT2D eigenvalue weighted by molar-refractivity contribution is -0.124. The minimum atomic E-state index is -0.370. The fraction of sp³-hybridized carbons (Fsp3) is 0.429. The van der Waals surface area contributed by atoms with Gasteiger partial charge in [-0.3, -0.25) is 9.89 Å². The predicted molar refractivity (Wildman–Crippen MR) is 81.9 cm³/mol. The highest BCUT2D eigenvalue weighted by Gasteiger charge is 2.39. The Balaban J connectivity index is 0.00000147. The molecule has 1 aliphatic rings. The number of anilines is 1. The Kier molecular flexibility index (Phi) is 4.30. The molecule has 0 aliphatic heterocycles. The van der Waals surface area contributed by atoms with E-state index in [9.17, 15) is 4.79 Å². The summed E-state index contributed by atoms with van der Waals surface area (Å²) < 4.78 is 0. The Morgan fingerprint density at radius 1 is 1.40 bits per heavy atom. The summed E-state index contributed by atoms with van der Waals surface area (Å²) in [5.74, 6) is 0.0512. The van der Waals surface area contributed by atoms with Gasteiger partial charge in [-0.25, -0.2) is 0 Å². The molecule has 1 saturated carbocycles. The molecule has 0 radical (unpaired) electrons. The van der Waals surface area contributed by atoms with Gasteiger partial charge >= 0.3 is 0 Å². The third-order valence-corrected chi connectivity index (χ3v) is 4.13. The van der Waals surface area contributed by atoms with Crippen molar-refractivity contribution in [3.05, 3.63) is 24.4 Å². The summed E-state index contributed by atoms with van der Waals surface area (Å²) in [5, 5.41) is 10.9. The average molecular weight is 295 g/mol. The maximum absolute atomic E-state index is 12.4. The van der Waals surface area contributed by atoms with Crippen molar-refractivity contribution in [3.8, 4) is 0 Å². The zero-order valence-corrected chi connectivity index (χ0v) is 12.0. The number of hydrogen-bond acceptors (Lipinski definition) is 3. The van der Waals surface area contributed by atoms with E-state index in [1.54, 1.807) is 6.20 Å². The molecular formula is C14H19ClN4O. The highest BCUT2D eigenvalue weighted by Crippen LogP contribution is 2.38. The van der Waals surface area contributed by atoms with Crippen LogP contribution in [-0.2, 0) is 4.79 Å². The summed E-state index contributed by atoms with van der Waals surface area (Å²) in [6.45, 7) is 0.423. The smallest absolute Gasteiger partial charge is 0.231 e. The Morgan fingerprint density at radius 3 is 2.85 bits per heavy atom. The molecule has 1 aliphatic carbocycles. The van der Waals surface area contributed by atoms with Crippen LogP contribution >= 0.6 is 12.4 Å². The van der Waals surface area contributed by atoms with Gasteiger partial charge in [0.1, 0.15) is 0 Å². The van der Waals surface area contributed by atoms with Crippen molar-refractivity contribution in [2.45, 2.75) is 25.7 Å². The van der Waals surface area contributed by atoms with Gasteiger partial charge in [-0.2, -0.15) is 5.10 Å². The van der Waals surface area contributed by atoms with Crippen molar-refractivity contribution < 1.29 is 4.79 Å². The zero-order valence-electron chi connectivity index (χ0n) is 11.2. The first-order valence-corrected chi connectivity index (χ1v) is 6.68. The molecule has 1 aromatic heterocycles. The van der Waals surface area contributed by atoms with E-state index in [2.05, 4.69) is 15.5 Å². The second-order valence-electron chi connectivity index (χ2n) is 5.32. The number of aromatic amines is 1. The van der Waals surface area contributed by atoms with Crippen LogP contribution in [0.5, 0.6) is 0 Å². The highest BCUT2D eigenvalue weighted by molar-refractivity contribution is 5.97. The highest BCUT2D eigenvalue weighted by atomic mass is 35.5. The van der Waals surface area contributed by atoms with Gasteiger partial charge < -0.3 is 11.1 Å². The van der Waals surface area contributed by atoms with Crippen molar-refractivity contribution in [1.82, 2.24) is 10.2 Å². The average Bonchev–Trinajstić information content (AvgIpc) is 3.07. The van der Waals surface area contributed by atoms with Crippen molar-refractivity contribution >= 4 is 34.9 Å². The van der Waals surface area contributed by atoms with Crippen LogP contribution in [-0.4, -0.2) is 22.6 Å². The number of H-pyrrole nitrogens is 1. The molecule has 0 spiro atoms. The summed E-state index contributed by atoms with van der Waals surface area (Å²) >= 11 is 0. The van der Waals surface area contributed by atoms with Crippen molar-refractivity contribution in [2.24, 2.45) is 11.1 Å². The van der Waals surface area contributed by atoms with Crippen molar-refractivity contribution in [3.63, 3.8) is 0 Å². The van der Waals surface area contributed by atoms with Gasteiger partial charge in [0.2, 0.25) is 5.91 Å². The number of carbonyl (C=O) groups is 1. The normalized spacial score (nSPS) is 16.9. The van der Waals surface area contributed by atoms with E-state index in [0.29, 0.717) is 6.54 Å². The molecule has 1 aromatic carbocycles. The van der Waals surface area contributed by atoms with Gasteiger partial charge in [0, 0.05) is 17.6 Å². The third kappa shape index (κ3) is 2.51. The summed E-state index contributed by atoms with van der Waals surface area (Å²) in [7, 11) is 0. The van der Waals surface area contributed by atoms with E-state index >= 15 is 0 Å². The summed E-state index contributed by atoms with van der Waals surface area (Å²) in [4.78, 5) is 12.4. The fourth-order valence-corrected chi connectivity index (χ4v) is 2.86. The van der Waals surface area contributed by atoms with Crippen LogP contribution in [0.4, 0.5) is 5.69 Å². The van der Waals surface area contributed by atoms with E-state index < -0.39 is 0 Å². The minimum Gasteiger partial charge on any atom is -0.329 e. The fourth-order valence-electron chi connectivity index (χ4n) is 2.86. The molecule has 20 heavy (non-hydrogen) atoms. The van der Waals surface area contributed by atoms with Gasteiger partial charge in [0.05, 0.1) is 17.1 Å². The number of benzene rings is 1. The zero-order chi connectivity index (χ0) is 13.3. The van der Waals surface area contributed by atoms with Gasteiger partial charge in [0.15, 0.2) is 0 Å². The van der Waals surface area contributed by atoms with Crippen LogP contribution in [0.1, 0.15) is 25.7 Å². The molecule has 1 amide bonds. The third-order valence-electron chi connectivity index (χ3n) is 4.13. The van der Waals surface area contributed by atoms with E-state index in [0.717, 1.165) is 42.3 Å². The van der Waals surface area contributed by atoms with Gasteiger partial charge in [-0.1, -0.05) is 12.8 Å². The Morgan fingerprint density at radius 2 is 2.15 bits per heavy atom.